The molecule has 1 spiro atoms. The number of aromatic nitrogens is 1. The number of esters is 1. The maximum absolute atomic E-state index is 14.4. The molecule has 1 aliphatic heterocycles. The molecule has 1 amide bonds. The fourth-order valence-electron chi connectivity index (χ4n) is 6.71. The van der Waals surface area contributed by atoms with Gasteiger partial charge in [0.25, 0.3) is 15.9 Å². The van der Waals surface area contributed by atoms with Crippen LogP contribution in [0.15, 0.2) is 65.7 Å². The van der Waals surface area contributed by atoms with Crippen LogP contribution in [0.25, 0.3) is 0 Å². The monoisotopic (exact) mass is 593 g/mol. The first-order valence-electron chi connectivity index (χ1n) is 14.0. The van der Waals surface area contributed by atoms with Crippen molar-refractivity contribution in [3.05, 3.63) is 88.2 Å². The van der Waals surface area contributed by atoms with Gasteiger partial charge in [0.05, 0.1) is 46.6 Å². The number of rotatable bonds is 7. The third-order valence-corrected chi connectivity index (χ3v) is 10.9. The molecule has 8 nitrogen and oxygen atoms in total. The zero-order valence-electron chi connectivity index (χ0n) is 22.8. The van der Waals surface area contributed by atoms with Gasteiger partial charge in [-0.15, -0.1) is 0 Å². The van der Waals surface area contributed by atoms with Crippen LogP contribution in [0.2, 0.25) is 5.02 Å². The minimum Gasteiger partial charge on any atom is -0.465 e. The summed E-state index contributed by atoms with van der Waals surface area (Å²) < 4.78 is 35.3. The molecule has 2 saturated carbocycles. The maximum atomic E-state index is 14.4. The van der Waals surface area contributed by atoms with E-state index in [4.69, 9.17) is 16.3 Å². The summed E-state index contributed by atoms with van der Waals surface area (Å²) in [6, 6.07) is 14.6. The van der Waals surface area contributed by atoms with Gasteiger partial charge < -0.3 is 10.1 Å². The van der Waals surface area contributed by atoms with Gasteiger partial charge in [0.2, 0.25) is 0 Å². The van der Waals surface area contributed by atoms with Gasteiger partial charge in [0.1, 0.15) is 0 Å². The summed E-state index contributed by atoms with van der Waals surface area (Å²) >= 11 is 6.22. The Morgan fingerprint density at radius 2 is 1.83 bits per heavy atom. The van der Waals surface area contributed by atoms with Crippen LogP contribution in [0.1, 0.15) is 76.9 Å². The topological polar surface area (TPSA) is 106 Å². The first kappa shape index (κ1) is 27.7. The molecule has 6 rings (SSSR count). The first-order chi connectivity index (χ1) is 19.8. The van der Waals surface area contributed by atoms with E-state index in [1.165, 1.54) is 19.2 Å². The maximum Gasteiger partial charge on any atom is 0.337 e. The number of nitrogens with zero attached hydrogens (tertiary/aromatic N) is 2. The Kier molecular flexibility index (Phi) is 7.28. The number of hydrogen-bond acceptors (Lipinski definition) is 6. The summed E-state index contributed by atoms with van der Waals surface area (Å²) in [5.74, 6) is -0.618. The number of amides is 1. The van der Waals surface area contributed by atoms with Crippen molar-refractivity contribution in [2.24, 2.45) is 5.92 Å². The summed E-state index contributed by atoms with van der Waals surface area (Å²) in [6.07, 6.45) is 8.40. The molecule has 10 heteroatoms. The average molecular weight is 594 g/mol. The average Bonchev–Trinajstić information content (AvgIpc) is 3.80. The van der Waals surface area contributed by atoms with Gasteiger partial charge in [-0.2, -0.15) is 0 Å². The number of hydrogen-bond donors (Lipinski definition) is 1. The van der Waals surface area contributed by atoms with Gasteiger partial charge in [-0.25, -0.2) is 13.2 Å². The van der Waals surface area contributed by atoms with Crippen LogP contribution in [0.4, 0.5) is 5.69 Å². The van der Waals surface area contributed by atoms with Crippen LogP contribution in [0.3, 0.4) is 0 Å². The van der Waals surface area contributed by atoms with Crippen molar-refractivity contribution < 1.29 is 22.7 Å². The van der Waals surface area contributed by atoms with Crippen molar-refractivity contribution in [2.45, 2.75) is 67.8 Å². The molecule has 2 heterocycles. The number of benzene rings is 2. The molecule has 1 N–H and O–H groups in total. The molecule has 2 aliphatic carbocycles. The molecule has 0 bridgehead atoms. The second-order valence-corrected chi connectivity index (χ2v) is 13.4. The van der Waals surface area contributed by atoms with Gasteiger partial charge in [-0.3, -0.25) is 14.1 Å². The Morgan fingerprint density at radius 3 is 2.54 bits per heavy atom. The highest BCUT2D eigenvalue weighted by Gasteiger charge is 2.59. The van der Waals surface area contributed by atoms with Crippen LogP contribution in [0, 0.1) is 5.92 Å². The Balaban J connectivity index is 1.41. The summed E-state index contributed by atoms with van der Waals surface area (Å²) in [6.45, 7) is 0.183. The van der Waals surface area contributed by atoms with Crippen LogP contribution in [-0.2, 0) is 26.7 Å². The smallest absolute Gasteiger partial charge is 0.337 e. The predicted molar refractivity (Wildman–Crippen MR) is 156 cm³/mol. The Hall–Kier alpha value is -3.43. The Morgan fingerprint density at radius 1 is 1.05 bits per heavy atom. The van der Waals surface area contributed by atoms with Gasteiger partial charge in [0.15, 0.2) is 0 Å². The van der Waals surface area contributed by atoms with E-state index in [0.29, 0.717) is 22.0 Å². The molecule has 1 unspecified atom stereocenters. The third kappa shape index (κ3) is 4.89. The number of fused-ring (bicyclic) bond motifs is 2. The lowest BCUT2D eigenvalue weighted by Gasteiger charge is -2.42. The van der Waals surface area contributed by atoms with Gasteiger partial charge >= 0.3 is 5.97 Å². The lowest BCUT2D eigenvalue weighted by molar-refractivity contribution is 0.0600. The molecule has 0 saturated heterocycles. The van der Waals surface area contributed by atoms with E-state index in [0.717, 1.165) is 50.5 Å². The fraction of sp³-hybridized carbons (Fsp3) is 0.387. The third-order valence-electron chi connectivity index (χ3n) is 8.73. The lowest BCUT2D eigenvalue weighted by atomic mass is 9.65. The molecular formula is C31H32ClN3O5S. The largest absolute Gasteiger partial charge is 0.465 e. The number of nitrogens with one attached hydrogen (secondary N) is 1. The van der Waals surface area contributed by atoms with Crippen LogP contribution in [0.5, 0.6) is 0 Å². The van der Waals surface area contributed by atoms with Gasteiger partial charge in [-0.1, -0.05) is 36.9 Å². The highest BCUT2D eigenvalue weighted by molar-refractivity contribution is 7.93. The highest BCUT2D eigenvalue weighted by atomic mass is 35.5. The van der Waals surface area contributed by atoms with Crippen molar-refractivity contribution in [3.8, 4) is 0 Å². The molecule has 41 heavy (non-hydrogen) atoms. The van der Waals surface area contributed by atoms with Crippen molar-refractivity contribution >= 4 is 39.2 Å². The number of pyridine rings is 1. The highest BCUT2D eigenvalue weighted by Crippen LogP contribution is 2.60. The lowest BCUT2D eigenvalue weighted by Crippen LogP contribution is -2.49. The van der Waals surface area contributed by atoms with E-state index in [1.54, 1.807) is 46.9 Å². The summed E-state index contributed by atoms with van der Waals surface area (Å²) in [5.41, 5.74) is 2.41. The number of carbonyl (C=O) groups is 2. The molecule has 2 fully saturated rings. The fourth-order valence-corrected chi connectivity index (χ4v) is 8.75. The van der Waals surface area contributed by atoms with E-state index in [2.05, 4.69) is 10.3 Å². The number of halogens is 1. The second kappa shape index (κ2) is 10.8. The zero-order chi connectivity index (χ0) is 28.8. The number of sulfonamides is 1. The van der Waals surface area contributed by atoms with E-state index in [-0.39, 0.29) is 40.3 Å². The minimum atomic E-state index is -4.03. The van der Waals surface area contributed by atoms with Crippen molar-refractivity contribution in [1.29, 1.82) is 0 Å². The zero-order valence-corrected chi connectivity index (χ0v) is 24.4. The Bertz CT molecular complexity index is 1620. The molecule has 0 radical (unpaired) electrons. The summed E-state index contributed by atoms with van der Waals surface area (Å²) in [5, 5.41) is 3.39. The van der Waals surface area contributed by atoms with E-state index in [1.807, 2.05) is 6.07 Å². The van der Waals surface area contributed by atoms with Crippen LogP contribution >= 0.6 is 11.6 Å². The molecule has 3 aromatic rings. The standard InChI is InChI=1S/C31H32ClN3O5S/c1-40-30(37)22-7-5-8-23(17-22)41(38,39)35-27-13-12-21(29(36)34-19-26-25(32)9-6-16-33-26)18-24(27)31(14-3-2-4-15-31)28(35)20-10-11-20/h5-9,12-13,16-18,20,28H,2-4,10-11,14-15,19H2,1H3,(H,34,36). The van der Waals surface area contributed by atoms with Crippen molar-refractivity contribution in [1.82, 2.24) is 10.3 Å². The van der Waals surface area contributed by atoms with Crippen LogP contribution in [-0.4, -0.2) is 38.4 Å². The SMILES string of the molecule is COC(=O)c1cccc(S(=O)(=O)N2c3ccc(C(=O)NCc4ncccc4Cl)cc3C3(CCCCC3)C2C2CC2)c1. The molecular weight excluding hydrogens is 562 g/mol. The number of methoxy groups -OCH3 is 1. The summed E-state index contributed by atoms with van der Waals surface area (Å²) in [7, 11) is -2.76. The van der Waals surface area contributed by atoms with Gasteiger partial charge in [-0.05, 0) is 85.7 Å². The number of ether oxygens (including phenoxy) is 1. The molecule has 3 aliphatic rings. The molecule has 214 valence electrons. The van der Waals surface area contributed by atoms with E-state index >= 15 is 0 Å². The van der Waals surface area contributed by atoms with Gasteiger partial charge in [0, 0.05) is 17.2 Å². The van der Waals surface area contributed by atoms with Crippen molar-refractivity contribution in [3.63, 3.8) is 0 Å². The molecule has 2 aromatic carbocycles. The number of carbonyl (C=O) groups excluding carboxylic acids is 2. The molecule has 1 aromatic heterocycles. The van der Waals surface area contributed by atoms with E-state index < -0.39 is 16.0 Å². The number of anilines is 1. The van der Waals surface area contributed by atoms with Crippen molar-refractivity contribution in [2.75, 3.05) is 11.4 Å². The summed E-state index contributed by atoms with van der Waals surface area (Å²) in [4.78, 5) is 29.8. The Labute approximate surface area is 245 Å². The second-order valence-electron chi connectivity index (χ2n) is 11.2. The molecule has 1 atom stereocenters. The van der Waals surface area contributed by atoms with E-state index in [9.17, 15) is 18.0 Å². The first-order valence-corrected chi connectivity index (χ1v) is 15.8. The quantitative estimate of drug-likeness (QED) is 0.355. The van der Waals surface area contributed by atoms with Crippen LogP contribution < -0.4 is 9.62 Å². The normalized spacial score (nSPS) is 19.6. The minimum absolute atomic E-state index is 0.0546. The predicted octanol–water partition coefficient (Wildman–Crippen LogP) is 5.64.